The lowest BCUT2D eigenvalue weighted by molar-refractivity contribution is -0.142. The van der Waals surface area contributed by atoms with E-state index in [1.54, 1.807) is 20.1 Å². The number of carbonyl (C=O) groups is 6. The zero-order chi connectivity index (χ0) is 31.7. The van der Waals surface area contributed by atoms with Crippen molar-refractivity contribution in [2.45, 2.75) is 70.6 Å². The van der Waals surface area contributed by atoms with E-state index in [-0.39, 0.29) is 12.8 Å². The average Bonchev–Trinajstić information content (AvgIpc) is 3.49. The lowest BCUT2D eigenvalue weighted by Crippen LogP contribution is -2.56. The molecule has 4 unspecified atom stereocenters. The molecule has 1 aliphatic rings. The van der Waals surface area contributed by atoms with E-state index in [9.17, 15) is 28.8 Å². The number of likely N-dealkylation sites (tertiary alicyclic amines) is 1. The van der Waals surface area contributed by atoms with Crippen molar-refractivity contribution in [3.05, 3.63) is 36.4 Å². The Balaban J connectivity index is 1.54. The van der Waals surface area contributed by atoms with Crippen molar-refractivity contribution in [2.75, 3.05) is 26.1 Å². The summed E-state index contributed by atoms with van der Waals surface area (Å²) in [6.07, 6.45) is 0.717. The fraction of sp³-hybridized carbons (Fsp3) is 0.467. The second-order valence-corrected chi connectivity index (χ2v) is 10.4. The molecule has 1 heterocycles. The maximum atomic E-state index is 13.2. The Morgan fingerprint density at radius 1 is 0.884 bits per heavy atom. The van der Waals surface area contributed by atoms with E-state index in [1.165, 1.54) is 25.9 Å². The number of nitrogens with one attached hydrogen (secondary N) is 4. The number of methoxy groups -OCH3 is 2. The Kier molecular flexibility index (Phi) is 11.4. The molecule has 1 saturated heterocycles. The van der Waals surface area contributed by atoms with Crippen LogP contribution in [0, 0.1) is 0 Å². The molecule has 1 aliphatic heterocycles. The largest absolute Gasteiger partial charge is 0.496 e. The molecule has 3 rings (SSSR count). The summed E-state index contributed by atoms with van der Waals surface area (Å²) in [5, 5.41) is 12.3. The smallest absolute Gasteiger partial charge is 0.306 e. The van der Waals surface area contributed by atoms with Gasteiger partial charge in [-0.25, -0.2) is 0 Å². The van der Waals surface area contributed by atoms with Gasteiger partial charge in [0.1, 0.15) is 29.9 Å². The third kappa shape index (κ3) is 8.66. The second-order valence-electron chi connectivity index (χ2n) is 10.4. The molecular weight excluding hydrogens is 558 g/mol. The standard InChI is InChI=1S/C30H39N5O8/c1-17(31-25(36)12-13-26(37)43-5)27(38)33-19(3)30(41)35-14-8-11-23(35)29(40)32-18(2)28(39)34-21-15-20-9-6-7-10-22(20)24(16-21)42-4/h6-7,9-10,15-19,23H,8,11-14H2,1-5H3,(H,31,36)(H,32,40)(H,33,38)(H,34,39). The van der Waals surface area contributed by atoms with Crippen molar-refractivity contribution in [1.82, 2.24) is 20.9 Å². The number of anilines is 1. The SMILES string of the molecule is COC(=O)CCC(=O)NC(C)C(=O)NC(C)C(=O)N1CCCC1C(=O)NC(C)C(=O)Nc1cc(OC)c2ccccc2c1. The monoisotopic (exact) mass is 597 g/mol. The third-order valence-electron chi connectivity index (χ3n) is 7.19. The van der Waals surface area contributed by atoms with E-state index in [0.29, 0.717) is 30.8 Å². The van der Waals surface area contributed by atoms with Gasteiger partial charge in [-0.2, -0.15) is 0 Å². The summed E-state index contributed by atoms with van der Waals surface area (Å²) in [7, 11) is 2.76. The number of amides is 5. The van der Waals surface area contributed by atoms with Crippen LogP contribution in [0.2, 0.25) is 0 Å². The zero-order valence-electron chi connectivity index (χ0n) is 25.0. The fourth-order valence-electron chi connectivity index (χ4n) is 4.79. The summed E-state index contributed by atoms with van der Waals surface area (Å²) in [6, 6.07) is 7.47. The minimum Gasteiger partial charge on any atom is -0.496 e. The molecule has 13 heteroatoms. The molecule has 232 valence electrons. The first kappa shape index (κ1) is 32.8. The van der Waals surface area contributed by atoms with Gasteiger partial charge in [-0.3, -0.25) is 28.8 Å². The third-order valence-corrected chi connectivity index (χ3v) is 7.19. The molecule has 4 N–H and O–H groups in total. The molecule has 0 bridgehead atoms. The van der Waals surface area contributed by atoms with Crippen molar-refractivity contribution in [1.29, 1.82) is 0 Å². The molecule has 0 saturated carbocycles. The number of fused-ring (bicyclic) bond motifs is 1. The van der Waals surface area contributed by atoms with Crippen LogP contribution in [0.4, 0.5) is 5.69 Å². The molecule has 2 aromatic rings. The maximum absolute atomic E-state index is 13.2. The number of esters is 1. The molecule has 13 nitrogen and oxygen atoms in total. The van der Waals surface area contributed by atoms with Gasteiger partial charge in [0.25, 0.3) is 0 Å². The van der Waals surface area contributed by atoms with E-state index in [2.05, 4.69) is 26.0 Å². The molecule has 0 spiro atoms. The van der Waals surface area contributed by atoms with E-state index in [4.69, 9.17) is 4.74 Å². The lowest BCUT2D eigenvalue weighted by Gasteiger charge is -2.28. The molecule has 43 heavy (non-hydrogen) atoms. The molecule has 0 aliphatic carbocycles. The molecular formula is C30H39N5O8. The predicted octanol–water partition coefficient (Wildman–Crippen LogP) is 1.25. The van der Waals surface area contributed by atoms with E-state index >= 15 is 0 Å². The maximum Gasteiger partial charge on any atom is 0.306 e. The number of ether oxygens (including phenoxy) is 2. The molecule has 2 aromatic carbocycles. The van der Waals surface area contributed by atoms with E-state index in [1.807, 2.05) is 30.3 Å². The number of hydrogen-bond donors (Lipinski definition) is 4. The van der Waals surface area contributed by atoms with Crippen LogP contribution in [0.5, 0.6) is 5.75 Å². The average molecular weight is 598 g/mol. The number of carbonyl (C=O) groups excluding carboxylic acids is 6. The summed E-state index contributed by atoms with van der Waals surface area (Å²) >= 11 is 0. The van der Waals surface area contributed by atoms with Gasteiger partial charge in [-0.15, -0.1) is 0 Å². The van der Waals surface area contributed by atoms with Crippen molar-refractivity contribution in [3.63, 3.8) is 0 Å². The van der Waals surface area contributed by atoms with Gasteiger partial charge in [-0.05, 0) is 45.1 Å². The second kappa shape index (κ2) is 15.0. The van der Waals surface area contributed by atoms with Crippen LogP contribution in [-0.4, -0.2) is 85.3 Å². The number of hydrogen-bond acceptors (Lipinski definition) is 8. The van der Waals surface area contributed by atoms with Crippen LogP contribution in [0.15, 0.2) is 36.4 Å². The van der Waals surface area contributed by atoms with Gasteiger partial charge in [0.15, 0.2) is 0 Å². The summed E-state index contributed by atoms with van der Waals surface area (Å²) in [5.41, 5.74) is 0.512. The van der Waals surface area contributed by atoms with E-state index in [0.717, 1.165) is 10.8 Å². The first-order valence-corrected chi connectivity index (χ1v) is 14.1. The van der Waals surface area contributed by atoms with Crippen LogP contribution < -0.4 is 26.0 Å². The minimum absolute atomic E-state index is 0.123. The van der Waals surface area contributed by atoms with Crippen molar-refractivity contribution in [3.8, 4) is 5.75 Å². The van der Waals surface area contributed by atoms with Gasteiger partial charge >= 0.3 is 5.97 Å². The highest BCUT2D eigenvalue weighted by Crippen LogP contribution is 2.29. The minimum atomic E-state index is -0.973. The van der Waals surface area contributed by atoms with Crippen LogP contribution >= 0.6 is 0 Å². The van der Waals surface area contributed by atoms with Crippen LogP contribution in [0.25, 0.3) is 10.8 Å². The highest BCUT2D eigenvalue weighted by atomic mass is 16.5. The van der Waals surface area contributed by atoms with Crippen molar-refractivity contribution < 1.29 is 38.2 Å². The molecule has 5 amide bonds. The topological polar surface area (TPSA) is 172 Å². The van der Waals surface area contributed by atoms with Crippen molar-refractivity contribution in [2.24, 2.45) is 0 Å². The fourth-order valence-corrected chi connectivity index (χ4v) is 4.79. The first-order valence-electron chi connectivity index (χ1n) is 14.1. The normalized spacial score (nSPS) is 16.4. The van der Waals surface area contributed by atoms with Crippen LogP contribution in [0.1, 0.15) is 46.5 Å². The van der Waals surface area contributed by atoms with Crippen LogP contribution in [-0.2, 0) is 33.5 Å². The van der Waals surface area contributed by atoms with Crippen molar-refractivity contribution >= 4 is 52.0 Å². The quantitative estimate of drug-likeness (QED) is 0.265. The van der Waals surface area contributed by atoms with Gasteiger partial charge in [0.2, 0.25) is 29.5 Å². The Labute approximate surface area is 250 Å². The highest BCUT2D eigenvalue weighted by molar-refractivity contribution is 6.01. The number of nitrogens with zero attached hydrogens (tertiary/aromatic N) is 1. The predicted molar refractivity (Wildman–Crippen MR) is 158 cm³/mol. The Morgan fingerprint density at radius 3 is 2.28 bits per heavy atom. The lowest BCUT2D eigenvalue weighted by atomic mass is 10.1. The first-order chi connectivity index (χ1) is 20.4. The Hall–Kier alpha value is -4.68. The summed E-state index contributed by atoms with van der Waals surface area (Å²) in [6.45, 7) is 4.81. The molecule has 1 fully saturated rings. The Morgan fingerprint density at radius 2 is 1.58 bits per heavy atom. The summed E-state index contributed by atoms with van der Waals surface area (Å²) < 4.78 is 9.94. The highest BCUT2D eigenvalue weighted by Gasteiger charge is 2.37. The summed E-state index contributed by atoms with van der Waals surface area (Å²) in [5.74, 6) is -2.43. The van der Waals surface area contributed by atoms with Gasteiger partial charge in [0.05, 0.1) is 20.6 Å². The van der Waals surface area contributed by atoms with Gasteiger partial charge in [0, 0.05) is 30.1 Å². The van der Waals surface area contributed by atoms with E-state index < -0.39 is 59.7 Å². The molecule has 4 atom stereocenters. The zero-order valence-corrected chi connectivity index (χ0v) is 25.0. The number of benzene rings is 2. The molecule has 0 aromatic heterocycles. The van der Waals surface area contributed by atoms with Gasteiger partial charge in [-0.1, -0.05) is 24.3 Å². The van der Waals surface area contributed by atoms with Gasteiger partial charge < -0.3 is 35.6 Å². The Bertz CT molecular complexity index is 1380. The molecule has 0 radical (unpaired) electrons. The number of rotatable bonds is 12. The van der Waals surface area contributed by atoms with Crippen LogP contribution in [0.3, 0.4) is 0 Å². The summed E-state index contributed by atoms with van der Waals surface area (Å²) in [4.78, 5) is 76.4.